The summed E-state index contributed by atoms with van der Waals surface area (Å²) >= 11 is 0. The van der Waals surface area contributed by atoms with Gasteiger partial charge in [-0.1, -0.05) is 6.07 Å². The number of pyridine rings is 1. The Morgan fingerprint density at radius 3 is 2.52 bits per heavy atom. The molecular weight excluding hydrogens is 483 g/mol. The van der Waals surface area contributed by atoms with E-state index in [2.05, 4.69) is 45.3 Å². The Hall–Kier alpha value is -1.17. The van der Waals surface area contributed by atoms with E-state index in [-0.39, 0.29) is 24.0 Å². The summed E-state index contributed by atoms with van der Waals surface area (Å²) in [6, 6.07) is 4.53. The summed E-state index contributed by atoms with van der Waals surface area (Å²) in [5.41, 5.74) is 1.14. The molecule has 29 heavy (non-hydrogen) atoms. The third-order valence-corrected chi connectivity index (χ3v) is 5.16. The van der Waals surface area contributed by atoms with Crippen LogP contribution in [0.1, 0.15) is 19.4 Å². The SMILES string of the molecule is CCNC(=NCc1cccnc1N1CCOCC1)NCC(C)N1CCOCC1.I. The minimum absolute atomic E-state index is 0. The Balaban J connectivity index is 0.00000300. The summed E-state index contributed by atoms with van der Waals surface area (Å²) in [6.45, 7) is 13.5. The van der Waals surface area contributed by atoms with Crippen LogP contribution in [0.15, 0.2) is 23.3 Å². The maximum absolute atomic E-state index is 5.47. The van der Waals surface area contributed by atoms with Gasteiger partial charge >= 0.3 is 0 Å². The molecule has 0 aromatic carbocycles. The number of hydrogen-bond donors (Lipinski definition) is 2. The zero-order valence-electron chi connectivity index (χ0n) is 17.6. The molecule has 0 amide bonds. The van der Waals surface area contributed by atoms with E-state index in [1.165, 1.54) is 0 Å². The largest absolute Gasteiger partial charge is 0.379 e. The number of anilines is 1. The van der Waals surface area contributed by atoms with Crippen LogP contribution in [0.3, 0.4) is 0 Å². The van der Waals surface area contributed by atoms with Gasteiger partial charge in [-0.15, -0.1) is 24.0 Å². The van der Waals surface area contributed by atoms with Crippen molar-refractivity contribution in [3.05, 3.63) is 23.9 Å². The number of halogens is 1. The summed E-state index contributed by atoms with van der Waals surface area (Å²) < 4.78 is 10.9. The number of rotatable bonds is 7. The van der Waals surface area contributed by atoms with Crippen molar-refractivity contribution in [3.63, 3.8) is 0 Å². The van der Waals surface area contributed by atoms with Crippen molar-refractivity contribution in [1.29, 1.82) is 0 Å². The highest BCUT2D eigenvalue weighted by Crippen LogP contribution is 2.19. The van der Waals surface area contributed by atoms with Crippen molar-refractivity contribution in [2.75, 3.05) is 70.6 Å². The second-order valence-electron chi connectivity index (χ2n) is 7.16. The van der Waals surface area contributed by atoms with Crippen LogP contribution in [0.5, 0.6) is 0 Å². The summed E-state index contributed by atoms with van der Waals surface area (Å²) in [6.07, 6.45) is 1.85. The van der Waals surface area contributed by atoms with Crippen molar-refractivity contribution < 1.29 is 9.47 Å². The molecule has 9 heteroatoms. The number of morpholine rings is 2. The maximum Gasteiger partial charge on any atom is 0.191 e. The minimum Gasteiger partial charge on any atom is -0.379 e. The number of aliphatic imine (C=N–C) groups is 1. The highest BCUT2D eigenvalue weighted by molar-refractivity contribution is 14.0. The monoisotopic (exact) mass is 518 g/mol. The normalized spacial score (nSPS) is 19.4. The average molecular weight is 518 g/mol. The van der Waals surface area contributed by atoms with E-state index in [1.54, 1.807) is 0 Å². The standard InChI is InChI=1S/C20H34N6O2.HI/c1-3-21-20(23-15-17(2)25-7-11-27-12-8-25)24-16-18-5-4-6-22-19(18)26-9-13-28-14-10-26;/h4-6,17H,3,7-16H2,1-2H3,(H2,21,23,24);1H. The quantitative estimate of drug-likeness (QED) is 0.321. The molecule has 1 aromatic rings. The van der Waals surface area contributed by atoms with Crippen LogP contribution in [0.4, 0.5) is 5.82 Å². The van der Waals surface area contributed by atoms with Gasteiger partial charge in [0.25, 0.3) is 0 Å². The summed E-state index contributed by atoms with van der Waals surface area (Å²) in [4.78, 5) is 14.2. The third-order valence-electron chi connectivity index (χ3n) is 5.16. The van der Waals surface area contributed by atoms with Gasteiger partial charge in [0.1, 0.15) is 5.82 Å². The zero-order chi connectivity index (χ0) is 19.6. The highest BCUT2D eigenvalue weighted by atomic mass is 127. The molecule has 3 heterocycles. The molecule has 0 aliphatic carbocycles. The van der Waals surface area contributed by atoms with Crippen LogP contribution in [-0.4, -0.2) is 87.6 Å². The number of guanidine groups is 1. The summed E-state index contributed by atoms with van der Waals surface area (Å²) in [7, 11) is 0. The van der Waals surface area contributed by atoms with Crippen molar-refractivity contribution in [3.8, 4) is 0 Å². The molecule has 0 bridgehead atoms. The first kappa shape index (κ1) is 24.1. The molecule has 0 radical (unpaired) electrons. The van der Waals surface area contributed by atoms with E-state index >= 15 is 0 Å². The fourth-order valence-electron chi connectivity index (χ4n) is 3.51. The molecule has 2 aliphatic heterocycles. The number of ether oxygens (including phenoxy) is 2. The first-order valence-corrected chi connectivity index (χ1v) is 10.4. The van der Waals surface area contributed by atoms with E-state index in [4.69, 9.17) is 14.5 Å². The molecule has 2 aliphatic rings. The fourth-order valence-corrected chi connectivity index (χ4v) is 3.51. The first-order valence-electron chi connectivity index (χ1n) is 10.4. The van der Waals surface area contributed by atoms with E-state index < -0.39 is 0 Å². The van der Waals surface area contributed by atoms with Gasteiger partial charge in [-0.05, 0) is 19.9 Å². The zero-order valence-corrected chi connectivity index (χ0v) is 19.9. The second-order valence-corrected chi connectivity index (χ2v) is 7.16. The Kier molecular flexibility index (Phi) is 11.0. The molecule has 2 fully saturated rings. The van der Waals surface area contributed by atoms with Crippen molar-refractivity contribution >= 4 is 35.8 Å². The van der Waals surface area contributed by atoms with Gasteiger partial charge in [-0.2, -0.15) is 0 Å². The maximum atomic E-state index is 5.47. The predicted molar refractivity (Wildman–Crippen MR) is 127 cm³/mol. The number of nitrogens with one attached hydrogen (secondary N) is 2. The van der Waals surface area contributed by atoms with Gasteiger partial charge in [0, 0.05) is 57.1 Å². The van der Waals surface area contributed by atoms with Crippen LogP contribution in [-0.2, 0) is 16.0 Å². The van der Waals surface area contributed by atoms with Crippen LogP contribution in [0.25, 0.3) is 0 Å². The summed E-state index contributed by atoms with van der Waals surface area (Å²) in [5.74, 6) is 1.87. The van der Waals surface area contributed by atoms with Gasteiger partial charge in [-0.3, -0.25) is 4.90 Å². The average Bonchev–Trinajstić information content (AvgIpc) is 2.77. The minimum atomic E-state index is 0. The molecule has 1 atom stereocenters. The second kappa shape index (κ2) is 13.2. The van der Waals surface area contributed by atoms with Gasteiger partial charge in [0.05, 0.1) is 33.0 Å². The van der Waals surface area contributed by atoms with Crippen molar-refractivity contribution in [2.45, 2.75) is 26.4 Å². The third kappa shape index (κ3) is 7.54. The van der Waals surface area contributed by atoms with Gasteiger partial charge in [0.15, 0.2) is 5.96 Å². The van der Waals surface area contributed by atoms with E-state index in [0.29, 0.717) is 12.6 Å². The van der Waals surface area contributed by atoms with E-state index in [1.807, 2.05) is 12.3 Å². The van der Waals surface area contributed by atoms with Crippen LogP contribution >= 0.6 is 24.0 Å². The lowest BCUT2D eigenvalue weighted by Crippen LogP contribution is -2.49. The molecule has 1 unspecified atom stereocenters. The Morgan fingerprint density at radius 2 is 1.83 bits per heavy atom. The highest BCUT2D eigenvalue weighted by Gasteiger charge is 2.18. The molecular formula is C20H35IN6O2. The van der Waals surface area contributed by atoms with Gasteiger partial charge in [-0.25, -0.2) is 9.98 Å². The van der Waals surface area contributed by atoms with Crippen LogP contribution in [0, 0.1) is 0 Å². The van der Waals surface area contributed by atoms with Crippen LogP contribution < -0.4 is 15.5 Å². The van der Waals surface area contributed by atoms with E-state index in [9.17, 15) is 0 Å². The predicted octanol–water partition coefficient (Wildman–Crippen LogP) is 1.31. The topological polar surface area (TPSA) is 74.2 Å². The smallest absolute Gasteiger partial charge is 0.191 e. The number of aromatic nitrogens is 1. The Bertz CT molecular complexity index is 621. The Morgan fingerprint density at radius 1 is 1.14 bits per heavy atom. The lowest BCUT2D eigenvalue weighted by molar-refractivity contribution is 0.0211. The van der Waals surface area contributed by atoms with Crippen molar-refractivity contribution in [2.24, 2.45) is 4.99 Å². The molecule has 0 spiro atoms. The molecule has 8 nitrogen and oxygen atoms in total. The lowest BCUT2D eigenvalue weighted by atomic mass is 10.2. The van der Waals surface area contributed by atoms with Gasteiger partial charge < -0.3 is 25.0 Å². The lowest BCUT2D eigenvalue weighted by Gasteiger charge is -2.32. The first-order chi connectivity index (χ1) is 13.8. The number of hydrogen-bond acceptors (Lipinski definition) is 6. The van der Waals surface area contributed by atoms with Crippen LogP contribution in [0.2, 0.25) is 0 Å². The molecule has 3 rings (SSSR count). The van der Waals surface area contributed by atoms with Gasteiger partial charge in [0.2, 0.25) is 0 Å². The Labute approximate surface area is 191 Å². The molecule has 2 N–H and O–H groups in total. The molecule has 2 saturated heterocycles. The number of nitrogens with zero attached hydrogens (tertiary/aromatic N) is 4. The van der Waals surface area contributed by atoms with Crippen molar-refractivity contribution in [1.82, 2.24) is 20.5 Å². The molecule has 1 aromatic heterocycles. The van der Waals surface area contributed by atoms with E-state index in [0.717, 1.165) is 83.0 Å². The fraction of sp³-hybridized carbons (Fsp3) is 0.700. The molecule has 0 saturated carbocycles. The molecule has 164 valence electrons. The summed E-state index contributed by atoms with van der Waals surface area (Å²) in [5, 5.41) is 6.84.